The van der Waals surface area contributed by atoms with Crippen molar-refractivity contribution in [1.29, 1.82) is 0 Å². The highest BCUT2D eigenvalue weighted by atomic mass is 32.2. The van der Waals surface area contributed by atoms with Gasteiger partial charge in [-0.3, -0.25) is 47.0 Å². The molecular formula is C85H65N13O20S4. The molecule has 0 unspecified atom stereocenters. The molecule has 0 aliphatic heterocycles. The molecule has 4 aromatic heterocycles. The van der Waals surface area contributed by atoms with E-state index >= 15 is 0 Å². The zero-order valence-electron chi connectivity index (χ0n) is 63.8. The van der Waals surface area contributed by atoms with Crippen LogP contribution in [0.3, 0.4) is 0 Å². The van der Waals surface area contributed by atoms with E-state index in [0.717, 1.165) is 34.9 Å². The van der Waals surface area contributed by atoms with Gasteiger partial charge >= 0.3 is 12.0 Å². The summed E-state index contributed by atoms with van der Waals surface area (Å²) < 4.78 is 157. The highest BCUT2D eigenvalue weighted by Crippen LogP contribution is 2.47. The topological polar surface area (TPSA) is 486 Å². The Morgan fingerprint density at radius 2 is 0.852 bits per heavy atom. The summed E-state index contributed by atoms with van der Waals surface area (Å²) in [5.41, 5.74) is -0.179. The Labute approximate surface area is 693 Å². The number of hydrogen-bond acceptors (Lipinski definition) is 27. The number of aromatic nitrogens is 8. The van der Waals surface area contributed by atoms with Crippen LogP contribution >= 0.6 is 0 Å². The lowest BCUT2D eigenvalue weighted by Crippen LogP contribution is -2.29. The minimum absolute atomic E-state index is 0.00872. The molecule has 2 aliphatic rings. The summed E-state index contributed by atoms with van der Waals surface area (Å²) in [5.74, 6) is -2.39. The predicted molar refractivity (Wildman–Crippen MR) is 449 cm³/mol. The lowest BCUT2D eigenvalue weighted by Gasteiger charge is -2.26. The minimum atomic E-state index is -5.09. The van der Waals surface area contributed by atoms with Crippen LogP contribution in [-0.4, -0.2) is 127 Å². The van der Waals surface area contributed by atoms with Crippen molar-refractivity contribution < 1.29 is 80.5 Å². The number of hydrogen-bond donors (Lipinski definition) is 9. The van der Waals surface area contributed by atoms with Crippen molar-refractivity contribution in [2.45, 2.75) is 51.7 Å². The van der Waals surface area contributed by atoms with Gasteiger partial charge in [0.25, 0.3) is 51.6 Å². The molecule has 10 aromatic carbocycles. The van der Waals surface area contributed by atoms with Crippen LogP contribution in [0.1, 0.15) is 101 Å². The van der Waals surface area contributed by atoms with E-state index in [1.54, 1.807) is 109 Å². The quantitative estimate of drug-likeness (QED) is 0.0119. The lowest BCUT2D eigenvalue weighted by molar-refractivity contribution is 0.102. The number of fused-ring (bicyclic) bond motifs is 4. The van der Waals surface area contributed by atoms with Crippen LogP contribution in [0.25, 0.3) is 44.1 Å². The van der Waals surface area contributed by atoms with Crippen LogP contribution in [0.4, 0.5) is 46.3 Å². The first kappa shape index (κ1) is 81.3. The number of unbranched alkanes of at least 4 members (excludes halogenated alkanes) is 3. The Kier molecular flexibility index (Phi) is 21.6. The zero-order valence-corrected chi connectivity index (χ0v) is 67.0. The lowest BCUT2D eigenvalue weighted by atomic mass is 9.80. The molecule has 0 radical (unpaired) electrons. The SMILES string of the molecule is Cn1c(=O)c(C(=O)c2ccccc2)c2c3c(c(Nc4ccc(S(=O)(=O)O)c(Cc5nc(NCCCCCCNc6nc(Nc7ccc(S(=O)(=O)O)c(Nc8ccc9c%10c8C(=O)c8ccccc8-c%10c(C(=O)c8cccc(S(=O)(=O)O)c8)c(=O)n9C)c7)nc(Oc7ccc(S(=O)(=O)O)cc7)n6)nc(Oc6ccccc6)n5)c4)ccc31)C(=O)c1ccccc1-2. The maximum Gasteiger partial charge on any atom is 0.328 e. The summed E-state index contributed by atoms with van der Waals surface area (Å²) in [6.45, 7) is 0.546. The third kappa shape index (κ3) is 16.2. The van der Waals surface area contributed by atoms with Gasteiger partial charge in [-0.2, -0.15) is 63.6 Å². The summed E-state index contributed by atoms with van der Waals surface area (Å²) >= 11 is 0. The average molecular weight is 1720 g/mol. The number of para-hydroxylation sites is 1. The molecule has 614 valence electrons. The highest BCUT2D eigenvalue weighted by Gasteiger charge is 2.38. The van der Waals surface area contributed by atoms with Crippen molar-refractivity contribution in [2.75, 3.05) is 39.7 Å². The summed E-state index contributed by atoms with van der Waals surface area (Å²) in [6, 6.07) is 51.9. The highest BCUT2D eigenvalue weighted by molar-refractivity contribution is 7.86. The van der Waals surface area contributed by atoms with Crippen molar-refractivity contribution in [3.05, 3.63) is 295 Å². The van der Waals surface area contributed by atoms with Crippen molar-refractivity contribution >= 4 is 132 Å². The van der Waals surface area contributed by atoms with E-state index in [2.05, 4.69) is 56.5 Å². The molecule has 9 N–H and O–H groups in total. The van der Waals surface area contributed by atoms with Crippen molar-refractivity contribution in [1.82, 2.24) is 39.0 Å². The number of anilines is 8. The van der Waals surface area contributed by atoms with Crippen LogP contribution in [-0.2, 0) is 61.0 Å². The van der Waals surface area contributed by atoms with Gasteiger partial charge in [-0.1, -0.05) is 122 Å². The van der Waals surface area contributed by atoms with E-state index in [-0.39, 0.29) is 155 Å². The van der Waals surface area contributed by atoms with Crippen LogP contribution in [0.5, 0.6) is 23.5 Å². The smallest absolute Gasteiger partial charge is 0.328 e. The standard InChI is InChI=1S/C85H65N13O20S4/c1-97-62-36-34-59(69-71(62)67(55-24-11-13-26-57(55)77(69)101)73(79(97)103)75(99)46-18-7-5-8-19-46)88-49-28-38-64(121(111,112)113)48(42-49)44-66-91-81(94-84(92-66)117-51-21-9-6-10-22-51)86-40-15-3-4-16-41-87-82-93-83(96-85(95-82)118-52-30-32-53(33-31-52)119(105,106)107)89-50-29-39-65(122(114,115)116)61(45-50)90-60-35-37-63-72-68(56-25-12-14-27-58(56)78(102)70(60)72)74(80(104)98(63)2)76(100)47-20-17-23-54(43-47)120(108,109)110/h5-14,17-39,42-43,45,88,90H,3-4,15-16,40-41,44H2,1-2H3,(H,105,106,107)(H,108,109,110)(H,111,112,113)(H,114,115,116)(H,86,91,92,94)(H2,87,89,93,95,96). The van der Waals surface area contributed by atoms with E-state index < -0.39 is 99.9 Å². The number of pyridine rings is 2. The Morgan fingerprint density at radius 3 is 1.40 bits per heavy atom. The molecule has 0 atom stereocenters. The second kappa shape index (κ2) is 32.4. The van der Waals surface area contributed by atoms with Gasteiger partial charge < -0.3 is 45.2 Å². The van der Waals surface area contributed by atoms with Crippen molar-refractivity contribution in [2.24, 2.45) is 14.1 Å². The van der Waals surface area contributed by atoms with Crippen LogP contribution in [0.2, 0.25) is 0 Å². The van der Waals surface area contributed by atoms with E-state index in [9.17, 15) is 80.6 Å². The molecule has 16 rings (SSSR count). The zero-order chi connectivity index (χ0) is 85.8. The van der Waals surface area contributed by atoms with Gasteiger partial charge in [0.2, 0.25) is 17.8 Å². The van der Waals surface area contributed by atoms with Crippen LogP contribution in [0.15, 0.2) is 248 Å². The fraction of sp³-hybridized carbons (Fsp3) is 0.106. The maximum absolute atomic E-state index is 14.9. The van der Waals surface area contributed by atoms with Gasteiger partial charge in [0.1, 0.15) is 22.2 Å². The van der Waals surface area contributed by atoms with Gasteiger partial charge in [-0.15, -0.1) is 0 Å². The third-order valence-electron chi connectivity index (χ3n) is 20.3. The largest absolute Gasteiger partial charge is 0.424 e. The molecule has 2 aliphatic carbocycles. The summed E-state index contributed by atoms with van der Waals surface area (Å²) in [7, 11) is -16.6. The number of carbonyl (C=O) groups is 4. The molecule has 0 spiro atoms. The fourth-order valence-electron chi connectivity index (χ4n) is 14.7. The molecular weight excluding hydrogens is 1650 g/mol. The van der Waals surface area contributed by atoms with Gasteiger partial charge in [0, 0.05) is 89.1 Å². The average Bonchev–Trinajstić information content (AvgIpc) is 0.710. The number of carbonyl (C=O) groups excluding carboxylic acids is 4. The van der Waals surface area contributed by atoms with E-state index in [4.69, 9.17) is 9.47 Å². The summed E-state index contributed by atoms with van der Waals surface area (Å²) in [6.07, 6.45) is 1.96. The molecule has 0 saturated carbocycles. The number of ketones is 4. The molecule has 0 saturated heterocycles. The summed E-state index contributed by atoms with van der Waals surface area (Å²) in [4.78, 5) is 112. The number of aryl methyl sites for hydroxylation is 2. The Bertz CT molecular complexity index is 7390. The molecule has 37 heteroatoms. The molecule has 0 fully saturated rings. The first-order valence-electron chi connectivity index (χ1n) is 37.2. The first-order valence-corrected chi connectivity index (χ1v) is 43.0. The monoisotopic (exact) mass is 1720 g/mol. The van der Waals surface area contributed by atoms with Crippen LogP contribution < -0.4 is 47.2 Å². The molecule has 0 amide bonds. The van der Waals surface area contributed by atoms with Gasteiger partial charge in [-0.05, 0) is 139 Å². The number of rotatable bonds is 29. The first-order chi connectivity index (χ1) is 58.3. The molecule has 122 heavy (non-hydrogen) atoms. The Balaban J connectivity index is 0.637. The minimum Gasteiger partial charge on any atom is -0.424 e. The van der Waals surface area contributed by atoms with Crippen LogP contribution in [0, 0.1) is 0 Å². The predicted octanol–water partition coefficient (Wildman–Crippen LogP) is 13.1. The Hall–Kier alpha value is -14.4. The molecule has 4 heterocycles. The fourth-order valence-corrected chi connectivity index (χ4v) is 17.1. The number of benzene rings is 10. The second-order valence-electron chi connectivity index (χ2n) is 28.2. The van der Waals surface area contributed by atoms with E-state index in [0.29, 0.717) is 54.4 Å². The van der Waals surface area contributed by atoms with E-state index in [1.807, 2.05) is 0 Å². The number of nitrogens with zero attached hydrogens (tertiary/aromatic N) is 8. The van der Waals surface area contributed by atoms with Crippen molar-refractivity contribution in [3.8, 4) is 45.8 Å². The van der Waals surface area contributed by atoms with Gasteiger partial charge in [0.15, 0.2) is 23.1 Å². The molecule has 14 aromatic rings. The molecule has 0 bridgehead atoms. The van der Waals surface area contributed by atoms with Gasteiger partial charge in [-0.25, -0.2) is 0 Å². The normalized spacial score (nSPS) is 12.3. The number of nitrogens with one attached hydrogen (secondary N) is 5. The molecule has 33 nitrogen and oxygen atoms in total. The summed E-state index contributed by atoms with van der Waals surface area (Å²) in [5, 5.41) is 16.0. The van der Waals surface area contributed by atoms with Crippen molar-refractivity contribution in [3.63, 3.8) is 0 Å². The van der Waals surface area contributed by atoms with Gasteiger partial charge in [0.05, 0.1) is 65.0 Å². The Morgan fingerprint density at radius 1 is 0.385 bits per heavy atom. The van der Waals surface area contributed by atoms with E-state index in [1.165, 1.54) is 97.5 Å². The third-order valence-corrected chi connectivity index (χ3v) is 23.9. The maximum atomic E-state index is 14.9. The number of ether oxygens (including phenoxy) is 2. The second-order valence-corrected chi connectivity index (χ2v) is 33.8.